The molecule has 1 aromatic heterocycles. The topological polar surface area (TPSA) is 57.7 Å². The van der Waals surface area contributed by atoms with E-state index < -0.39 is 17.9 Å². The van der Waals surface area contributed by atoms with Crippen molar-refractivity contribution in [3.8, 4) is 0 Å². The molecule has 3 fully saturated rings. The van der Waals surface area contributed by atoms with E-state index in [-0.39, 0.29) is 29.7 Å². The SMILES string of the molecule is O=C(c1cccs1)[C@@H]1[C@@H]2C(=O)N(C3CCCCC3)C(=O)[C@@H]2[C@H]2c3ccccc3C=CN12. The van der Waals surface area contributed by atoms with Gasteiger partial charge >= 0.3 is 0 Å². The molecule has 6 rings (SSSR count). The number of carbonyl (C=O) groups is 3. The van der Waals surface area contributed by atoms with Gasteiger partial charge in [-0.05, 0) is 41.5 Å². The molecule has 0 unspecified atom stereocenters. The maximum atomic E-state index is 13.8. The highest BCUT2D eigenvalue weighted by molar-refractivity contribution is 7.12. The first-order valence-electron chi connectivity index (χ1n) is 11.2. The van der Waals surface area contributed by atoms with Crippen LogP contribution in [-0.4, -0.2) is 39.5 Å². The van der Waals surface area contributed by atoms with Crippen molar-refractivity contribution in [1.29, 1.82) is 0 Å². The monoisotopic (exact) mass is 432 g/mol. The Balaban J connectivity index is 1.47. The van der Waals surface area contributed by atoms with Gasteiger partial charge in [0.25, 0.3) is 0 Å². The molecule has 4 heterocycles. The minimum atomic E-state index is -0.636. The van der Waals surface area contributed by atoms with Crippen LogP contribution in [0.2, 0.25) is 0 Å². The van der Waals surface area contributed by atoms with Crippen molar-refractivity contribution < 1.29 is 14.4 Å². The molecule has 31 heavy (non-hydrogen) atoms. The molecule has 4 aliphatic rings. The van der Waals surface area contributed by atoms with Gasteiger partial charge in [-0.3, -0.25) is 19.3 Å². The van der Waals surface area contributed by atoms with Gasteiger partial charge in [0, 0.05) is 12.2 Å². The van der Waals surface area contributed by atoms with E-state index in [1.807, 2.05) is 59.0 Å². The van der Waals surface area contributed by atoms with Crippen molar-refractivity contribution in [2.75, 3.05) is 0 Å². The van der Waals surface area contributed by atoms with Gasteiger partial charge in [0.2, 0.25) is 11.8 Å². The number of imide groups is 1. The number of carbonyl (C=O) groups excluding carboxylic acids is 3. The fourth-order valence-corrected chi connectivity index (χ4v) is 6.84. The molecule has 1 aromatic carbocycles. The van der Waals surface area contributed by atoms with Crippen LogP contribution in [0, 0.1) is 11.8 Å². The molecule has 2 saturated heterocycles. The van der Waals surface area contributed by atoms with Crippen molar-refractivity contribution in [2.24, 2.45) is 11.8 Å². The first-order valence-corrected chi connectivity index (χ1v) is 12.0. The van der Waals surface area contributed by atoms with Crippen LogP contribution < -0.4 is 0 Å². The first-order chi connectivity index (χ1) is 15.2. The van der Waals surface area contributed by atoms with Crippen molar-refractivity contribution in [3.63, 3.8) is 0 Å². The highest BCUT2D eigenvalue weighted by Gasteiger charge is 2.65. The fourth-order valence-electron chi connectivity index (χ4n) is 6.14. The molecule has 6 heteroatoms. The summed E-state index contributed by atoms with van der Waals surface area (Å²) in [7, 11) is 0. The summed E-state index contributed by atoms with van der Waals surface area (Å²) in [5.74, 6) is -1.40. The number of ketones is 1. The van der Waals surface area contributed by atoms with Gasteiger partial charge in [-0.25, -0.2) is 0 Å². The highest BCUT2D eigenvalue weighted by Crippen LogP contribution is 2.54. The van der Waals surface area contributed by atoms with Crippen LogP contribution in [0.1, 0.15) is 58.9 Å². The standard InChI is InChI=1S/C25H24N2O3S/c28-23(18-11-6-14-31-18)22-20-19(21-17-10-5-4-7-15(17)12-13-26(21)22)24(29)27(25(20)30)16-8-2-1-3-9-16/h4-7,10-14,16,19-22H,1-3,8-9H2/t19-,20+,21+,22-/m0/s1. The van der Waals surface area contributed by atoms with Gasteiger partial charge in [-0.1, -0.05) is 49.6 Å². The van der Waals surface area contributed by atoms with Crippen LogP contribution in [0.25, 0.3) is 6.08 Å². The summed E-state index contributed by atoms with van der Waals surface area (Å²) in [4.78, 5) is 45.3. The zero-order valence-electron chi connectivity index (χ0n) is 17.1. The third-order valence-corrected chi connectivity index (χ3v) is 8.35. The number of nitrogens with zero attached hydrogens (tertiary/aromatic N) is 2. The lowest BCUT2D eigenvalue weighted by atomic mass is 9.84. The zero-order chi connectivity index (χ0) is 21.1. The van der Waals surface area contributed by atoms with Crippen molar-refractivity contribution in [3.05, 3.63) is 64.0 Å². The highest BCUT2D eigenvalue weighted by atomic mass is 32.1. The van der Waals surface area contributed by atoms with Crippen LogP contribution in [0.5, 0.6) is 0 Å². The summed E-state index contributed by atoms with van der Waals surface area (Å²) in [5.41, 5.74) is 2.09. The normalized spacial score (nSPS) is 29.8. The van der Waals surface area contributed by atoms with Crippen molar-refractivity contribution >= 4 is 35.0 Å². The second-order valence-electron chi connectivity index (χ2n) is 9.01. The number of benzene rings is 1. The van der Waals surface area contributed by atoms with Crippen molar-refractivity contribution in [1.82, 2.24) is 9.80 Å². The number of fused-ring (bicyclic) bond motifs is 5. The Bertz CT molecular complexity index is 1090. The Labute approximate surface area is 185 Å². The van der Waals surface area contributed by atoms with E-state index in [1.165, 1.54) is 11.3 Å². The zero-order valence-corrected chi connectivity index (χ0v) is 18.0. The largest absolute Gasteiger partial charge is 0.358 e. The molecule has 2 aromatic rings. The quantitative estimate of drug-likeness (QED) is 0.537. The molecule has 0 N–H and O–H groups in total. The fraction of sp³-hybridized carbons (Fsp3) is 0.400. The number of hydrogen-bond acceptors (Lipinski definition) is 5. The third-order valence-electron chi connectivity index (χ3n) is 7.47. The predicted molar refractivity (Wildman–Crippen MR) is 118 cm³/mol. The number of likely N-dealkylation sites (tertiary alicyclic amines) is 1. The van der Waals surface area contributed by atoms with E-state index in [1.54, 1.807) is 4.90 Å². The molecule has 5 nitrogen and oxygen atoms in total. The molecule has 4 atom stereocenters. The van der Waals surface area contributed by atoms with Crippen LogP contribution in [0.3, 0.4) is 0 Å². The third kappa shape index (κ3) is 2.70. The molecular formula is C25H24N2O3S. The molecular weight excluding hydrogens is 408 g/mol. The van der Waals surface area contributed by atoms with Gasteiger partial charge in [-0.15, -0.1) is 11.3 Å². The molecule has 0 bridgehead atoms. The first kappa shape index (κ1) is 19.0. The second kappa shape index (κ2) is 7.16. The molecule has 2 amide bonds. The smallest absolute Gasteiger partial charge is 0.236 e. The molecule has 1 saturated carbocycles. The Morgan fingerprint density at radius 1 is 0.935 bits per heavy atom. The number of amides is 2. The Kier molecular flexibility index (Phi) is 4.39. The van der Waals surface area contributed by atoms with Crippen LogP contribution >= 0.6 is 11.3 Å². The lowest BCUT2D eigenvalue weighted by molar-refractivity contribution is -0.144. The van der Waals surface area contributed by atoms with Gasteiger partial charge in [0.1, 0.15) is 6.04 Å². The summed E-state index contributed by atoms with van der Waals surface area (Å²) in [5, 5.41) is 1.88. The number of hydrogen-bond donors (Lipinski definition) is 0. The average molecular weight is 433 g/mol. The molecule has 0 spiro atoms. The summed E-state index contributed by atoms with van der Waals surface area (Å²) < 4.78 is 0. The van der Waals surface area contributed by atoms with Gasteiger partial charge in [0.15, 0.2) is 5.78 Å². The lowest BCUT2D eigenvalue weighted by Crippen LogP contribution is -2.47. The lowest BCUT2D eigenvalue weighted by Gasteiger charge is -2.37. The minimum Gasteiger partial charge on any atom is -0.358 e. The van der Waals surface area contributed by atoms with Crippen LogP contribution in [-0.2, 0) is 9.59 Å². The van der Waals surface area contributed by atoms with E-state index in [0.29, 0.717) is 4.88 Å². The van der Waals surface area contributed by atoms with Crippen LogP contribution in [0.4, 0.5) is 0 Å². The molecule has 1 aliphatic carbocycles. The second-order valence-corrected chi connectivity index (χ2v) is 9.96. The van der Waals surface area contributed by atoms with E-state index in [2.05, 4.69) is 0 Å². The molecule has 3 aliphatic heterocycles. The van der Waals surface area contributed by atoms with E-state index >= 15 is 0 Å². The van der Waals surface area contributed by atoms with E-state index in [4.69, 9.17) is 0 Å². The number of Topliss-reactive ketones (excluding diaryl/α,β-unsaturated/α-hetero) is 1. The summed E-state index contributed by atoms with van der Waals surface area (Å²) >= 11 is 1.40. The maximum Gasteiger partial charge on any atom is 0.236 e. The summed E-state index contributed by atoms with van der Waals surface area (Å²) in [6, 6.07) is 10.8. The van der Waals surface area contributed by atoms with Gasteiger partial charge < -0.3 is 4.90 Å². The Morgan fingerprint density at radius 2 is 1.71 bits per heavy atom. The average Bonchev–Trinajstić information content (AvgIpc) is 3.50. The maximum absolute atomic E-state index is 13.8. The van der Waals surface area contributed by atoms with E-state index in [9.17, 15) is 14.4 Å². The minimum absolute atomic E-state index is 0.0142. The summed E-state index contributed by atoms with van der Waals surface area (Å²) in [6.45, 7) is 0. The molecule has 158 valence electrons. The predicted octanol–water partition coefficient (Wildman–Crippen LogP) is 4.27. The van der Waals surface area contributed by atoms with Crippen molar-refractivity contribution in [2.45, 2.75) is 50.2 Å². The van der Waals surface area contributed by atoms with Gasteiger partial charge in [-0.2, -0.15) is 0 Å². The number of thiophene rings is 1. The number of rotatable bonds is 3. The van der Waals surface area contributed by atoms with Gasteiger partial charge in [0.05, 0.1) is 22.8 Å². The van der Waals surface area contributed by atoms with Crippen LogP contribution in [0.15, 0.2) is 48.0 Å². The van der Waals surface area contributed by atoms with E-state index in [0.717, 1.165) is 43.2 Å². The summed E-state index contributed by atoms with van der Waals surface area (Å²) in [6.07, 6.45) is 8.94. The Hall–Kier alpha value is -2.73. The molecule has 0 radical (unpaired) electrons. The Morgan fingerprint density at radius 3 is 2.48 bits per heavy atom.